The maximum absolute atomic E-state index is 12.4. The standard InChI is InChI=1S/C14H18N2O3S/c1-16(9-6-7-10(8-9)20-2)13(17)11-4-3-5-12(15-11)14(18)19/h3-5,9-10H,6-8H2,1-2H3,(H,18,19)/t9-,10+/m0/s1. The maximum atomic E-state index is 12.4. The van der Waals surface area contributed by atoms with Crippen molar-refractivity contribution in [1.82, 2.24) is 9.88 Å². The Balaban J connectivity index is 2.11. The van der Waals surface area contributed by atoms with Crippen LogP contribution in [0.5, 0.6) is 0 Å². The van der Waals surface area contributed by atoms with E-state index in [0.29, 0.717) is 5.25 Å². The first-order chi connectivity index (χ1) is 9.52. The molecular formula is C14H18N2O3S. The minimum Gasteiger partial charge on any atom is -0.477 e. The van der Waals surface area contributed by atoms with Crippen molar-refractivity contribution in [3.8, 4) is 0 Å². The van der Waals surface area contributed by atoms with Gasteiger partial charge in [0, 0.05) is 18.3 Å². The van der Waals surface area contributed by atoms with Gasteiger partial charge in [-0.05, 0) is 37.7 Å². The molecule has 0 bridgehead atoms. The molecule has 0 spiro atoms. The average Bonchev–Trinajstić information content (AvgIpc) is 2.94. The number of aromatic carboxylic acids is 1. The van der Waals surface area contributed by atoms with Crippen LogP contribution < -0.4 is 0 Å². The lowest BCUT2D eigenvalue weighted by atomic mass is 10.2. The van der Waals surface area contributed by atoms with Gasteiger partial charge in [0.2, 0.25) is 0 Å². The molecular weight excluding hydrogens is 276 g/mol. The molecule has 1 aliphatic carbocycles. The van der Waals surface area contributed by atoms with Crippen molar-refractivity contribution in [2.75, 3.05) is 13.3 Å². The van der Waals surface area contributed by atoms with Gasteiger partial charge in [0.25, 0.3) is 5.91 Å². The van der Waals surface area contributed by atoms with Crippen LogP contribution in [0.1, 0.15) is 40.2 Å². The third kappa shape index (κ3) is 3.12. The van der Waals surface area contributed by atoms with Gasteiger partial charge >= 0.3 is 5.97 Å². The Hall–Kier alpha value is -1.56. The summed E-state index contributed by atoms with van der Waals surface area (Å²) >= 11 is 1.84. The summed E-state index contributed by atoms with van der Waals surface area (Å²) in [6.45, 7) is 0. The number of nitrogens with zero attached hydrogens (tertiary/aromatic N) is 2. The Kier molecular flexibility index (Phi) is 4.65. The van der Waals surface area contributed by atoms with Crippen molar-refractivity contribution in [2.45, 2.75) is 30.6 Å². The smallest absolute Gasteiger partial charge is 0.354 e. The van der Waals surface area contributed by atoms with Crippen molar-refractivity contribution < 1.29 is 14.7 Å². The van der Waals surface area contributed by atoms with Crippen molar-refractivity contribution in [3.05, 3.63) is 29.6 Å². The lowest BCUT2D eigenvalue weighted by Crippen LogP contribution is -2.36. The zero-order valence-electron chi connectivity index (χ0n) is 11.6. The molecule has 2 rings (SSSR count). The van der Waals surface area contributed by atoms with Crippen molar-refractivity contribution >= 4 is 23.6 Å². The van der Waals surface area contributed by atoms with E-state index in [1.54, 1.807) is 24.1 Å². The zero-order chi connectivity index (χ0) is 14.7. The Labute approximate surface area is 122 Å². The second kappa shape index (κ2) is 6.26. The van der Waals surface area contributed by atoms with Crippen molar-refractivity contribution in [2.24, 2.45) is 0 Å². The number of carboxylic acids is 1. The fraction of sp³-hybridized carbons (Fsp3) is 0.500. The highest BCUT2D eigenvalue weighted by Crippen LogP contribution is 2.31. The molecule has 5 nitrogen and oxygen atoms in total. The van der Waals surface area contributed by atoms with Gasteiger partial charge in [0.1, 0.15) is 11.4 Å². The SMILES string of the molecule is CS[C@@H]1CC[C@H](N(C)C(=O)c2cccc(C(=O)O)n2)C1. The summed E-state index contributed by atoms with van der Waals surface area (Å²) in [7, 11) is 1.77. The quantitative estimate of drug-likeness (QED) is 0.921. The fourth-order valence-electron chi connectivity index (χ4n) is 2.50. The molecule has 1 N–H and O–H groups in total. The number of carbonyl (C=O) groups is 2. The van der Waals surface area contributed by atoms with E-state index in [9.17, 15) is 9.59 Å². The van der Waals surface area contributed by atoms with Gasteiger partial charge in [-0.15, -0.1) is 0 Å². The minimum absolute atomic E-state index is 0.0994. The highest BCUT2D eigenvalue weighted by molar-refractivity contribution is 7.99. The number of amides is 1. The molecule has 0 saturated heterocycles. The summed E-state index contributed by atoms with van der Waals surface area (Å²) in [6.07, 6.45) is 5.19. The highest BCUT2D eigenvalue weighted by atomic mass is 32.2. The number of carbonyl (C=O) groups excluding carboxylic acids is 1. The van der Waals surface area contributed by atoms with E-state index < -0.39 is 5.97 Å². The first-order valence-corrected chi connectivity index (χ1v) is 7.82. The van der Waals surface area contributed by atoms with Gasteiger partial charge in [-0.1, -0.05) is 6.07 Å². The summed E-state index contributed by atoms with van der Waals surface area (Å²) in [5.74, 6) is -1.33. The van der Waals surface area contributed by atoms with E-state index in [-0.39, 0.29) is 23.3 Å². The van der Waals surface area contributed by atoms with Gasteiger partial charge in [0.05, 0.1) is 0 Å². The van der Waals surface area contributed by atoms with E-state index >= 15 is 0 Å². The number of hydrogen-bond donors (Lipinski definition) is 1. The first kappa shape index (κ1) is 14.8. The van der Waals surface area contributed by atoms with Crippen molar-refractivity contribution in [1.29, 1.82) is 0 Å². The number of hydrogen-bond acceptors (Lipinski definition) is 4. The molecule has 0 radical (unpaired) electrons. The number of carboxylic acid groups (broad SMARTS) is 1. The summed E-state index contributed by atoms with van der Waals surface area (Å²) < 4.78 is 0. The average molecular weight is 294 g/mol. The van der Waals surface area contributed by atoms with Gasteiger partial charge in [-0.25, -0.2) is 9.78 Å². The summed E-state index contributed by atoms with van der Waals surface area (Å²) in [6, 6.07) is 4.72. The van der Waals surface area contributed by atoms with Crippen LogP contribution in [0.15, 0.2) is 18.2 Å². The summed E-state index contributed by atoms with van der Waals surface area (Å²) in [4.78, 5) is 28.9. The topological polar surface area (TPSA) is 70.5 Å². The fourth-order valence-corrected chi connectivity index (χ4v) is 3.29. The van der Waals surface area contributed by atoms with Crippen LogP contribution in [-0.4, -0.2) is 51.5 Å². The molecule has 6 heteroatoms. The van der Waals surface area contributed by atoms with Crippen LogP contribution in [0.2, 0.25) is 0 Å². The van der Waals surface area contributed by atoms with Crippen molar-refractivity contribution in [3.63, 3.8) is 0 Å². The van der Waals surface area contributed by atoms with Gasteiger partial charge < -0.3 is 10.0 Å². The third-order valence-electron chi connectivity index (χ3n) is 3.75. The third-order valence-corrected chi connectivity index (χ3v) is 4.84. The van der Waals surface area contributed by atoms with Gasteiger partial charge in [-0.3, -0.25) is 4.79 Å². The lowest BCUT2D eigenvalue weighted by molar-refractivity contribution is 0.0689. The number of rotatable bonds is 4. The predicted octanol–water partition coefficient (Wildman–Crippen LogP) is 2.14. The molecule has 1 fully saturated rings. The van der Waals surface area contributed by atoms with Crippen LogP contribution in [0.4, 0.5) is 0 Å². The molecule has 2 atom stereocenters. The molecule has 1 amide bonds. The molecule has 1 aromatic heterocycles. The summed E-state index contributed by atoms with van der Waals surface area (Å²) in [5.41, 5.74) is 0.0951. The number of pyridine rings is 1. The monoisotopic (exact) mass is 294 g/mol. The van der Waals surface area contributed by atoms with Crippen LogP contribution in [-0.2, 0) is 0 Å². The van der Waals surface area contributed by atoms with E-state index in [0.717, 1.165) is 19.3 Å². The number of aromatic nitrogens is 1. The summed E-state index contributed by atoms with van der Waals surface area (Å²) in [5, 5.41) is 9.52. The highest BCUT2D eigenvalue weighted by Gasteiger charge is 2.30. The van der Waals surface area contributed by atoms with Crippen LogP contribution in [0.3, 0.4) is 0 Å². The molecule has 1 saturated carbocycles. The zero-order valence-corrected chi connectivity index (χ0v) is 12.4. The van der Waals surface area contributed by atoms with E-state index in [1.165, 1.54) is 6.07 Å². The van der Waals surface area contributed by atoms with E-state index in [4.69, 9.17) is 5.11 Å². The van der Waals surface area contributed by atoms with Crippen LogP contribution in [0.25, 0.3) is 0 Å². The normalized spacial score (nSPS) is 21.7. The maximum Gasteiger partial charge on any atom is 0.354 e. The molecule has 0 aliphatic heterocycles. The Morgan fingerprint density at radius 2 is 2.05 bits per heavy atom. The molecule has 0 unspecified atom stereocenters. The second-order valence-corrected chi connectivity index (χ2v) is 6.09. The molecule has 0 aromatic carbocycles. The largest absolute Gasteiger partial charge is 0.477 e. The Morgan fingerprint density at radius 3 is 2.65 bits per heavy atom. The second-order valence-electron chi connectivity index (χ2n) is 4.95. The van der Waals surface area contributed by atoms with Gasteiger partial charge in [-0.2, -0.15) is 11.8 Å². The number of thioether (sulfide) groups is 1. The molecule has 1 aliphatic rings. The van der Waals surface area contributed by atoms with E-state index in [1.807, 2.05) is 11.8 Å². The lowest BCUT2D eigenvalue weighted by Gasteiger charge is -2.24. The Bertz CT molecular complexity index is 521. The first-order valence-electron chi connectivity index (χ1n) is 6.53. The van der Waals surface area contributed by atoms with E-state index in [2.05, 4.69) is 11.2 Å². The molecule has 1 aromatic rings. The molecule has 108 valence electrons. The minimum atomic E-state index is -1.12. The van der Waals surface area contributed by atoms with Crippen LogP contribution >= 0.6 is 11.8 Å². The Morgan fingerprint density at radius 1 is 1.35 bits per heavy atom. The molecule has 20 heavy (non-hydrogen) atoms. The predicted molar refractivity (Wildman–Crippen MR) is 78.2 cm³/mol. The van der Waals surface area contributed by atoms with Crippen LogP contribution in [0, 0.1) is 0 Å². The van der Waals surface area contributed by atoms with Gasteiger partial charge in [0.15, 0.2) is 0 Å². The molecule has 1 heterocycles.